The molecule has 0 aliphatic rings. The fourth-order valence-corrected chi connectivity index (χ4v) is 2.11. The van der Waals surface area contributed by atoms with Gasteiger partial charge in [-0.25, -0.2) is 13.2 Å². The lowest BCUT2D eigenvalue weighted by Crippen LogP contribution is -2.31. The number of benzene rings is 1. The molecular formula is C16H14F3N3O4. The van der Waals surface area contributed by atoms with Gasteiger partial charge >= 0.3 is 0 Å². The van der Waals surface area contributed by atoms with Gasteiger partial charge in [0.05, 0.1) is 0 Å². The van der Waals surface area contributed by atoms with E-state index in [1.807, 2.05) is 0 Å². The summed E-state index contributed by atoms with van der Waals surface area (Å²) in [5.41, 5.74) is -2.73. The normalized spacial score (nSPS) is 10.5. The van der Waals surface area contributed by atoms with Crippen LogP contribution in [0.5, 0.6) is 5.75 Å². The van der Waals surface area contributed by atoms with Gasteiger partial charge in [-0.3, -0.25) is 14.4 Å². The van der Waals surface area contributed by atoms with Crippen molar-refractivity contribution in [2.75, 3.05) is 6.54 Å². The lowest BCUT2D eigenvalue weighted by Gasteiger charge is -2.09. The highest BCUT2D eigenvalue weighted by Crippen LogP contribution is 2.15. The molecule has 0 fully saturated rings. The first-order chi connectivity index (χ1) is 12.3. The molecule has 0 atom stereocenters. The number of amides is 2. The molecule has 0 spiro atoms. The predicted molar refractivity (Wildman–Crippen MR) is 84.2 cm³/mol. The van der Waals surface area contributed by atoms with Gasteiger partial charge in [0, 0.05) is 37.0 Å². The second-order valence-electron chi connectivity index (χ2n) is 5.15. The Kier molecular flexibility index (Phi) is 5.65. The molecule has 0 aliphatic carbocycles. The third-order valence-corrected chi connectivity index (χ3v) is 3.40. The van der Waals surface area contributed by atoms with Crippen LogP contribution in [0.1, 0.15) is 33.3 Å². The molecule has 26 heavy (non-hydrogen) atoms. The van der Waals surface area contributed by atoms with Crippen LogP contribution in [0.2, 0.25) is 0 Å². The number of aromatic amines is 1. The monoisotopic (exact) mass is 369 g/mol. The number of hydrogen-bond donors (Lipinski definition) is 4. The Morgan fingerprint density at radius 2 is 1.73 bits per heavy atom. The molecule has 0 aliphatic heterocycles. The van der Waals surface area contributed by atoms with Gasteiger partial charge in [-0.15, -0.1) is 0 Å². The highest BCUT2D eigenvalue weighted by molar-refractivity contribution is 5.98. The SMILES string of the molecule is CCNC(=O)c1[nH]cc(C(=O)NCc2c(F)cc(F)cc2F)c(=O)c1O. The molecule has 2 amide bonds. The van der Waals surface area contributed by atoms with Crippen molar-refractivity contribution in [2.24, 2.45) is 0 Å². The minimum atomic E-state index is -1.20. The number of nitrogens with one attached hydrogen (secondary N) is 3. The maximum atomic E-state index is 13.5. The molecule has 0 radical (unpaired) electrons. The fourth-order valence-electron chi connectivity index (χ4n) is 2.11. The van der Waals surface area contributed by atoms with Gasteiger partial charge in [0.1, 0.15) is 23.0 Å². The van der Waals surface area contributed by atoms with Crippen molar-refractivity contribution in [1.29, 1.82) is 0 Å². The fraction of sp³-hybridized carbons (Fsp3) is 0.188. The number of carbonyl (C=O) groups excluding carboxylic acids is 2. The van der Waals surface area contributed by atoms with E-state index < -0.39 is 63.8 Å². The number of halogens is 3. The van der Waals surface area contributed by atoms with Gasteiger partial charge in [0.15, 0.2) is 11.4 Å². The van der Waals surface area contributed by atoms with Crippen LogP contribution in [0.4, 0.5) is 13.2 Å². The maximum absolute atomic E-state index is 13.5. The summed E-state index contributed by atoms with van der Waals surface area (Å²) in [6, 6.07) is 0.897. The summed E-state index contributed by atoms with van der Waals surface area (Å²) in [6.07, 6.45) is 0.888. The van der Waals surface area contributed by atoms with Crippen molar-refractivity contribution in [2.45, 2.75) is 13.5 Å². The van der Waals surface area contributed by atoms with E-state index in [0.29, 0.717) is 12.1 Å². The number of aromatic hydroxyl groups is 1. The Labute approximate surface area is 144 Å². The van der Waals surface area contributed by atoms with Crippen LogP contribution in [0.25, 0.3) is 0 Å². The van der Waals surface area contributed by atoms with E-state index in [2.05, 4.69) is 15.6 Å². The second-order valence-corrected chi connectivity index (χ2v) is 5.15. The van der Waals surface area contributed by atoms with Crippen LogP contribution in [-0.4, -0.2) is 28.4 Å². The largest absolute Gasteiger partial charge is 0.503 e. The van der Waals surface area contributed by atoms with Crippen molar-refractivity contribution in [1.82, 2.24) is 15.6 Å². The Morgan fingerprint density at radius 3 is 2.31 bits per heavy atom. The van der Waals surface area contributed by atoms with Crippen LogP contribution in [-0.2, 0) is 6.54 Å². The summed E-state index contributed by atoms with van der Waals surface area (Å²) in [7, 11) is 0. The molecule has 7 nitrogen and oxygen atoms in total. The lowest BCUT2D eigenvalue weighted by molar-refractivity contribution is 0.0933. The zero-order valence-electron chi connectivity index (χ0n) is 13.5. The van der Waals surface area contributed by atoms with Gasteiger partial charge in [-0.1, -0.05) is 0 Å². The lowest BCUT2D eigenvalue weighted by atomic mass is 10.1. The topological polar surface area (TPSA) is 111 Å². The number of hydrogen-bond acceptors (Lipinski definition) is 4. The van der Waals surface area contributed by atoms with E-state index in [1.54, 1.807) is 6.92 Å². The van der Waals surface area contributed by atoms with E-state index in [9.17, 15) is 32.7 Å². The summed E-state index contributed by atoms with van der Waals surface area (Å²) < 4.78 is 39.9. The third-order valence-electron chi connectivity index (χ3n) is 3.40. The summed E-state index contributed by atoms with van der Waals surface area (Å²) >= 11 is 0. The van der Waals surface area contributed by atoms with E-state index >= 15 is 0 Å². The van der Waals surface area contributed by atoms with Crippen molar-refractivity contribution in [3.8, 4) is 5.75 Å². The number of H-pyrrole nitrogens is 1. The molecule has 2 aromatic rings. The number of pyridine rings is 1. The molecule has 4 N–H and O–H groups in total. The molecule has 1 aromatic heterocycles. The van der Waals surface area contributed by atoms with Crippen molar-refractivity contribution < 1.29 is 27.9 Å². The molecule has 1 aromatic carbocycles. The average Bonchev–Trinajstić information content (AvgIpc) is 2.56. The van der Waals surface area contributed by atoms with E-state index in [4.69, 9.17) is 0 Å². The standard InChI is InChI=1S/C16H14F3N3O4/c1-2-20-16(26)12-14(24)13(23)9(6-21-12)15(25)22-5-8-10(18)3-7(17)4-11(8)19/h3-4,6,24H,2,5H2,1H3,(H,20,26)(H,21,23)(H,22,25). The quantitative estimate of drug-likeness (QED) is 0.634. The van der Waals surface area contributed by atoms with Gasteiger partial charge in [-0.2, -0.15) is 0 Å². The van der Waals surface area contributed by atoms with E-state index in [0.717, 1.165) is 6.20 Å². The van der Waals surface area contributed by atoms with E-state index in [1.165, 1.54) is 0 Å². The summed E-state index contributed by atoms with van der Waals surface area (Å²) in [5, 5.41) is 14.2. The Hall–Kier alpha value is -3.30. The predicted octanol–water partition coefficient (Wildman–Crippen LogP) is 1.18. The van der Waals surface area contributed by atoms with E-state index in [-0.39, 0.29) is 6.54 Å². The molecule has 10 heteroatoms. The summed E-state index contributed by atoms with van der Waals surface area (Å²) in [4.78, 5) is 38.0. The number of aromatic nitrogens is 1. The second kappa shape index (κ2) is 7.72. The third kappa shape index (κ3) is 3.85. The first-order valence-electron chi connectivity index (χ1n) is 7.40. The van der Waals surface area contributed by atoms with Gasteiger partial charge < -0.3 is 20.7 Å². The Balaban J connectivity index is 2.22. The van der Waals surface area contributed by atoms with Crippen LogP contribution in [0.15, 0.2) is 23.1 Å². The van der Waals surface area contributed by atoms with Gasteiger partial charge in [0.2, 0.25) is 5.43 Å². The Bertz CT molecular complexity index is 904. The smallest absolute Gasteiger partial charge is 0.271 e. The molecule has 0 unspecified atom stereocenters. The van der Waals surface area contributed by atoms with Crippen molar-refractivity contribution in [3.05, 3.63) is 62.8 Å². The van der Waals surface area contributed by atoms with Gasteiger partial charge in [-0.05, 0) is 6.92 Å². The van der Waals surface area contributed by atoms with Gasteiger partial charge in [0.25, 0.3) is 11.8 Å². The number of rotatable bonds is 5. The van der Waals surface area contributed by atoms with Crippen molar-refractivity contribution >= 4 is 11.8 Å². The number of carbonyl (C=O) groups is 2. The first kappa shape index (κ1) is 19.0. The zero-order valence-corrected chi connectivity index (χ0v) is 13.5. The maximum Gasteiger partial charge on any atom is 0.271 e. The van der Waals surface area contributed by atoms with Crippen LogP contribution in [0, 0.1) is 17.5 Å². The molecule has 0 bridgehead atoms. The molecule has 2 rings (SSSR count). The summed E-state index contributed by atoms with van der Waals surface area (Å²) in [6.45, 7) is 1.22. The molecule has 0 saturated heterocycles. The zero-order chi connectivity index (χ0) is 19.4. The first-order valence-corrected chi connectivity index (χ1v) is 7.40. The molecular weight excluding hydrogens is 355 g/mol. The average molecular weight is 369 g/mol. The molecule has 1 heterocycles. The highest BCUT2D eigenvalue weighted by atomic mass is 19.1. The highest BCUT2D eigenvalue weighted by Gasteiger charge is 2.21. The van der Waals surface area contributed by atoms with Crippen molar-refractivity contribution in [3.63, 3.8) is 0 Å². The summed E-state index contributed by atoms with van der Waals surface area (Å²) in [5.74, 6) is -6.28. The van der Waals surface area contributed by atoms with Crippen LogP contribution >= 0.6 is 0 Å². The Morgan fingerprint density at radius 1 is 1.12 bits per heavy atom. The van der Waals surface area contributed by atoms with Crippen LogP contribution in [0.3, 0.4) is 0 Å². The molecule has 0 saturated carbocycles. The minimum Gasteiger partial charge on any atom is -0.503 e. The van der Waals surface area contributed by atoms with Crippen LogP contribution < -0.4 is 16.1 Å². The molecule has 138 valence electrons. The minimum absolute atomic E-state index is 0.247.